The lowest BCUT2D eigenvalue weighted by molar-refractivity contribution is -0.120. The quantitative estimate of drug-likeness (QED) is 0.243. The number of thiazole rings is 1. The Morgan fingerprint density at radius 2 is 1.85 bits per heavy atom. The standard InChI is InChI=1S/C25H27N5O2S2/c1-26-23(31)8-4-2-3-6-19(30-25(32)22-15-27-16-34-22)24-28-14-20(29-24)17-9-11-18(12-10-17)21-7-5-13-33-21/h5,7,9-16,19H,2-4,6,8H2,1H3,(H,26,31)(H,28,29)(H,30,32). The Bertz CT molecular complexity index is 1180. The van der Waals surface area contributed by atoms with Crippen molar-refractivity contribution in [1.29, 1.82) is 0 Å². The molecule has 0 radical (unpaired) electrons. The van der Waals surface area contributed by atoms with Crippen LogP contribution in [0.5, 0.6) is 0 Å². The molecule has 1 unspecified atom stereocenters. The Balaban J connectivity index is 1.44. The van der Waals surface area contributed by atoms with Crippen LogP contribution in [0.4, 0.5) is 0 Å². The van der Waals surface area contributed by atoms with Gasteiger partial charge in [-0.3, -0.25) is 14.6 Å². The third kappa shape index (κ3) is 6.18. The van der Waals surface area contributed by atoms with Crippen LogP contribution in [0.1, 0.15) is 53.6 Å². The zero-order chi connectivity index (χ0) is 23.8. The fourth-order valence-electron chi connectivity index (χ4n) is 3.69. The highest BCUT2D eigenvalue weighted by molar-refractivity contribution is 7.13. The molecule has 3 aromatic heterocycles. The molecule has 1 atom stereocenters. The molecule has 0 aliphatic heterocycles. The number of thiophene rings is 1. The zero-order valence-corrected chi connectivity index (χ0v) is 20.5. The van der Waals surface area contributed by atoms with Crippen molar-refractivity contribution in [2.75, 3.05) is 7.05 Å². The first-order valence-corrected chi connectivity index (χ1v) is 13.0. The number of carbonyl (C=O) groups excluding carboxylic acids is 2. The van der Waals surface area contributed by atoms with E-state index in [4.69, 9.17) is 0 Å². The molecule has 0 spiro atoms. The van der Waals surface area contributed by atoms with Crippen LogP contribution in [0.3, 0.4) is 0 Å². The maximum absolute atomic E-state index is 12.7. The third-order valence-electron chi connectivity index (χ3n) is 5.56. The maximum atomic E-state index is 12.7. The van der Waals surface area contributed by atoms with Gasteiger partial charge in [0.15, 0.2) is 0 Å². The number of aromatic amines is 1. The van der Waals surface area contributed by atoms with E-state index in [-0.39, 0.29) is 17.9 Å². The lowest BCUT2D eigenvalue weighted by Gasteiger charge is -2.16. The van der Waals surface area contributed by atoms with Crippen LogP contribution in [0.15, 0.2) is 59.7 Å². The summed E-state index contributed by atoms with van der Waals surface area (Å²) in [5.74, 6) is 0.619. The van der Waals surface area contributed by atoms with Gasteiger partial charge in [-0.05, 0) is 35.4 Å². The molecule has 4 aromatic rings. The molecule has 0 saturated heterocycles. The van der Waals surface area contributed by atoms with Crippen LogP contribution in [0, 0.1) is 0 Å². The molecular formula is C25H27N5O2S2. The molecule has 3 heterocycles. The molecule has 2 amide bonds. The van der Waals surface area contributed by atoms with Gasteiger partial charge in [-0.25, -0.2) is 4.98 Å². The van der Waals surface area contributed by atoms with Crippen LogP contribution < -0.4 is 10.6 Å². The molecule has 7 nitrogen and oxygen atoms in total. The number of nitrogens with zero attached hydrogens (tertiary/aromatic N) is 2. The number of H-pyrrole nitrogens is 1. The summed E-state index contributed by atoms with van der Waals surface area (Å²) in [7, 11) is 1.65. The summed E-state index contributed by atoms with van der Waals surface area (Å²) in [6.07, 6.45) is 7.21. The topological polar surface area (TPSA) is 99.8 Å². The average molecular weight is 494 g/mol. The molecule has 1 aromatic carbocycles. The summed E-state index contributed by atoms with van der Waals surface area (Å²) in [6, 6.07) is 12.3. The van der Waals surface area contributed by atoms with E-state index in [2.05, 4.69) is 61.3 Å². The molecule has 34 heavy (non-hydrogen) atoms. The number of aromatic nitrogens is 3. The molecule has 0 saturated carbocycles. The van der Waals surface area contributed by atoms with E-state index in [9.17, 15) is 9.59 Å². The number of unbranched alkanes of at least 4 members (excludes halogenated alkanes) is 2. The normalized spacial score (nSPS) is 11.8. The summed E-state index contributed by atoms with van der Waals surface area (Å²) >= 11 is 3.03. The fraction of sp³-hybridized carbons (Fsp3) is 0.280. The Kier molecular flexibility index (Phi) is 8.21. The molecule has 3 N–H and O–H groups in total. The van der Waals surface area contributed by atoms with Gasteiger partial charge in [-0.1, -0.05) is 43.2 Å². The molecule has 0 bridgehead atoms. The Hall–Kier alpha value is -3.30. The van der Waals surface area contributed by atoms with E-state index >= 15 is 0 Å². The minimum Gasteiger partial charge on any atom is -0.359 e. The van der Waals surface area contributed by atoms with Gasteiger partial charge in [0.25, 0.3) is 5.91 Å². The lowest BCUT2D eigenvalue weighted by atomic mass is 10.1. The van der Waals surface area contributed by atoms with Gasteiger partial charge in [-0.2, -0.15) is 0 Å². The zero-order valence-electron chi connectivity index (χ0n) is 18.9. The number of nitrogens with one attached hydrogen (secondary N) is 3. The molecule has 9 heteroatoms. The molecular weight excluding hydrogens is 466 g/mol. The molecule has 0 fully saturated rings. The van der Waals surface area contributed by atoms with Crippen molar-refractivity contribution < 1.29 is 9.59 Å². The minimum absolute atomic E-state index is 0.0517. The number of imidazole rings is 1. The van der Waals surface area contributed by atoms with Crippen molar-refractivity contribution in [1.82, 2.24) is 25.6 Å². The van der Waals surface area contributed by atoms with E-state index in [1.165, 1.54) is 21.8 Å². The SMILES string of the molecule is CNC(=O)CCCCCC(NC(=O)c1cncs1)c1ncc(-c2ccc(-c3cccs3)cc2)[nH]1. The van der Waals surface area contributed by atoms with Gasteiger partial charge in [0.2, 0.25) is 5.91 Å². The predicted molar refractivity (Wildman–Crippen MR) is 137 cm³/mol. The Morgan fingerprint density at radius 3 is 2.56 bits per heavy atom. The van der Waals surface area contributed by atoms with Crippen molar-refractivity contribution in [2.24, 2.45) is 0 Å². The van der Waals surface area contributed by atoms with Gasteiger partial charge in [0, 0.05) is 18.3 Å². The largest absolute Gasteiger partial charge is 0.359 e. The van der Waals surface area contributed by atoms with Gasteiger partial charge in [0.1, 0.15) is 10.7 Å². The number of benzene rings is 1. The van der Waals surface area contributed by atoms with Crippen LogP contribution >= 0.6 is 22.7 Å². The smallest absolute Gasteiger partial charge is 0.263 e. The molecule has 176 valence electrons. The number of hydrogen-bond donors (Lipinski definition) is 3. The second-order valence-corrected chi connectivity index (χ2v) is 9.74. The number of hydrogen-bond acceptors (Lipinski definition) is 6. The highest BCUT2D eigenvalue weighted by Crippen LogP contribution is 2.28. The monoisotopic (exact) mass is 493 g/mol. The highest BCUT2D eigenvalue weighted by Gasteiger charge is 2.20. The van der Waals surface area contributed by atoms with Crippen molar-refractivity contribution in [3.05, 3.63) is 70.4 Å². The highest BCUT2D eigenvalue weighted by atomic mass is 32.1. The second kappa shape index (κ2) is 11.7. The van der Waals surface area contributed by atoms with E-state index in [1.54, 1.807) is 30.1 Å². The average Bonchev–Trinajstić information content (AvgIpc) is 3.65. The summed E-state index contributed by atoms with van der Waals surface area (Å²) in [5, 5.41) is 7.82. The summed E-state index contributed by atoms with van der Waals surface area (Å²) in [4.78, 5) is 37.9. The van der Waals surface area contributed by atoms with Gasteiger partial charge >= 0.3 is 0 Å². The van der Waals surface area contributed by atoms with Gasteiger partial charge in [-0.15, -0.1) is 22.7 Å². The van der Waals surface area contributed by atoms with Crippen LogP contribution in [0.25, 0.3) is 21.7 Å². The van der Waals surface area contributed by atoms with Crippen molar-refractivity contribution in [2.45, 2.75) is 38.1 Å². The Labute approximate surface area is 206 Å². The van der Waals surface area contributed by atoms with Crippen molar-refractivity contribution in [3.8, 4) is 21.7 Å². The molecule has 4 rings (SSSR count). The lowest BCUT2D eigenvalue weighted by Crippen LogP contribution is -2.28. The van der Waals surface area contributed by atoms with E-state index in [0.717, 1.165) is 42.8 Å². The van der Waals surface area contributed by atoms with Crippen LogP contribution in [-0.2, 0) is 4.79 Å². The first-order chi connectivity index (χ1) is 16.6. The number of rotatable bonds is 11. The van der Waals surface area contributed by atoms with Gasteiger partial charge in [0.05, 0.1) is 29.6 Å². The Morgan fingerprint density at radius 1 is 1.03 bits per heavy atom. The summed E-state index contributed by atoms with van der Waals surface area (Å²) < 4.78 is 0. The first-order valence-electron chi connectivity index (χ1n) is 11.2. The number of amides is 2. The van der Waals surface area contributed by atoms with E-state index < -0.39 is 0 Å². The third-order valence-corrected chi connectivity index (χ3v) is 7.25. The summed E-state index contributed by atoms with van der Waals surface area (Å²) in [5.41, 5.74) is 4.78. The van der Waals surface area contributed by atoms with Gasteiger partial charge < -0.3 is 15.6 Å². The van der Waals surface area contributed by atoms with E-state index in [1.807, 2.05) is 12.3 Å². The van der Waals surface area contributed by atoms with Crippen molar-refractivity contribution >= 4 is 34.5 Å². The maximum Gasteiger partial charge on any atom is 0.263 e. The minimum atomic E-state index is -0.256. The van der Waals surface area contributed by atoms with E-state index in [0.29, 0.717) is 11.3 Å². The van der Waals surface area contributed by atoms with Crippen LogP contribution in [0.2, 0.25) is 0 Å². The van der Waals surface area contributed by atoms with Crippen molar-refractivity contribution in [3.63, 3.8) is 0 Å². The second-order valence-electron chi connectivity index (χ2n) is 7.90. The molecule has 0 aliphatic rings. The molecule has 0 aliphatic carbocycles. The predicted octanol–water partition coefficient (Wildman–Crippen LogP) is 5.43. The number of carbonyl (C=O) groups is 2. The first kappa shape index (κ1) is 23.8. The van der Waals surface area contributed by atoms with Crippen LogP contribution in [-0.4, -0.2) is 33.8 Å². The summed E-state index contributed by atoms with van der Waals surface area (Å²) in [6.45, 7) is 0. The fourth-order valence-corrected chi connectivity index (χ4v) is 4.94.